The molecule has 5 heteroatoms. The topological polar surface area (TPSA) is 37.3 Å². The minimum absolute atomic E-state index is 0.00736. The Morgan fingerprint density at radius 3 is 2.58 bits per heavy atom. The number of hydrogen-bond acceptors (Lipinski definition) is 2. The molecule has 0 unspecified atom stereocenters. The van der Waals surface area contributed by atoms with Crippen LogP contribution in [0.15, 0.2) is 11.6 Å². The monoisotopic (exact) mass is 342 g/mol. The van der Waals surface area contributed by atoms with E-state index in [9.17, 15) is 23.1 Å². The summed E-state index contributed by atoms with van der Waals surface area (Å²) >= 11 is 0. The van der Waals surface area contributed by atoms with Crippen molar-refractivity contribution in [2.45, 2.75) is 57.5 Å². The molecule has 0 heterocycles. The first-order valence-electron chi connectivity index (χ1n) is 9.27. The van der Waals surface area contributed by atoms with Crippen LogP contribution in [-0.4, -0.2) is 23.7 Å². The lowest BCUT2D eigenvalue weighted by Crippen LogP contribution is -2.51. The lowest BCUT2D eigenvalue weighted by molar-refractivity contribution is -0.221. The molecule has 4 aliphatic rings. The van der Waals surface area contributed by atoms with Gasteiger partial charge >= 0.3 is 6.18 Å². The van der Waals surface area contributed by atoms with Crippen molar-refractivity contribution in [3.8, 4) is 0 Å². The number of allylic oxidation sites excluding steroid dienone is 1. The second-order valence-electron chi connectivity index (χ2n) is 8.41. The van der Waals surface area contributed by atoms with Gasteiger partial charge in [-0.25, -0.2) is 0 Å². The first kappa shape index (κ1) is 16.6. The Kier molecular flexibility index (Phi) is 3.87. The molecule has 3 saturated carbocycles. The van der Waals surface area contributed by atoms with Crippen molar-refractivity contribution in [3.63, 3.8) is 0 Å². The summed E-state index contributed by atoms with van der Waals surface area (Å²) in [4.78, 5) is 11.7. The van der Waals surface area contributed by atoms with E-state index >= 15 is 0 Å². The maximum atomic E-state index is 13.5. The molecule has 1 N–H and O–H groups in total. The quantitative estimate of drug-likeness (QED) is 0.772. The van der Waals surface area contributed by atoms with Crippen LogP contribution in [0.3, 0.4) is 0 Å². The van der Waals surface area contributed by atoms with Crippen LogP contribution in [0.2, 0.25) is 0 Å². The van der Waals surface area contributed by atoms with Gasteiger partial charge in [0.15, 0.2) is 5.78 Å². The van der Waals surface area contributed by atoms with Gasteiger partial charge in [-0.2, -0.15) is 13.2 Å². The van der Waals surface area contributed by atoms with Crippen LogP contribution in [0.5, 0.6) is 0 Å². The third-order valence-electron chi connectivity index (χ3n) is 7.71. The number of rotatable bonds is 1. The van der Waals surface area contributed by atoms with Crippen molar-refractivity contribution in [2.75, 3.05) is 6.61 Å². The van der Waals surface area contributed by atoms with Crippen molar-refractivity contribution in [1.29, 1.82) is 0 Å². The van der Waals surface area contributed by atoms with Gasteiger partial charge in [0.1, 0.15) is 0 Å². The highest BCUT2D eigenvalue weighted by Gasteiger charge is 2.64. The molecule has 4 rings (SSSR count). The molecule has 2 nitrogen and oxygen atoms in total. The van der Waals surface area contributed by atoms with Crippen LogP contribution < -0.4 is 0 Å². The number of aliphatic hydroxyl groups excluding tert-OH is 1. The predicted octanol–water partition coefficient (Wildman–Crippen LogP) is 4.28. The highest BCUT2D eigenvalue weighted by molar-refractivity contribution is 5.91. The molecule has 0 radical (unpaired) electrons. The third-order valence-corrected chi connectivity index (χ3v) is 7.71. The van der Waals surface area contributed by atoms with Gasteiger partial charge in [-0.1, -0.05) is 5.57 Å². The summed E-state index contributed by atoms with van der Waals surface area (Å²) in [6, 6.07) is 0. The van der Waals surface area contributed by atoms with Gasteiger partial charge in [-0.3, -0.25) is 4.79 Å². The summed E-state index contributed by atoms with van der Waals surface area (Å²) in [5, 5.41) is 9.99. The highest BCUT2D eigenvalue weighted by Crippen LogP contribution is 2.66. The zero-order valence-corrected chi connectivity index (χ0v) is 13.8. The van der Waals surface area contributed by atoms with E-state index in [4.69, 9.17) is 0 Å². The minimum Gasteiger partial charge on any atom is -0.396 e. The van der Waals surface area contributed by atoms with Gasteiger partial charge in [0.05, 0.1) is 5.92 Å². The smallest absolute Gasteiger partial charge is 0.392 e. The van der Waals surface area contributed by atoms with Crippen LogP contribution in [0.1, 0.15) is 51.4 Å². The zero-order chi connectivity index (χ0) is 17.1. The van der Waals surface area contributed by atoms with E-state index in [2.05, 4.69) is 0 Å². The van der Waals surface area contributed by atoms with Gasteiger partial charge in [-0.05, 0) is 74.7 Å². The number of ketones is 1. The van der Waals surface area contributed by atoms with E-state index in [0.717, 1.165) is 25.7 Å². The Hall–Kier alpha value is -0.840. The molecule has 0 aliphatic heterocycles. The van der Waals surface area contributed by atoms with E-state index in [1.807, 2.05) is 6.08 Å². The van der Waals surface area contributed by atoms with Crippen molar-refractivity contribution in [3.05, 3.63) is 11.6 Å². The summed E-state index contributed by atoms with van der Waals surface area (Å²) in [6.45, 7) is -0.336. The van der Waals surface area contributed by atoms with E-state index in [-0.39, 0.29) is 30.6 Å². The number of alkyl halides is 3. The minimum atomic E-state index is -4.21. The van der Waals surface area contributed by atoms with Crippen LogP contribution >= 0.6 is 0 Å². The van der Waals surface area contributed by atoms with Gasteiger partial charge < -0.3 is 5.11 Å². The summed E-state index contributed by atoms with van der Waals surface area (Å²) in [7, 11) is 0. The van der Waals surface area contributed by atoms with Crippen LogP contribution in [0.4, 0.5) is 13.2 Å². The standard InChI is InChI=1S/C19H25F3O2/c20-19(21,22)17-6-5-16-15-3-1-11-9-12(24)2-4-13(11)14(15)7-8-18(16,17)10-23/h9,13-17,23H,1-8,10H2/t13-,14+,15+,16-,17+,18+/m0/s1. The zero-order valence-electron chi connectivity index (χ0n) is 13.8. The lowest BCUT2D eigenvalue weighted by atomic mass is 9.51. The number of hydrogen-bond donors (Lipinski definition) is 1. The average Bonchev–Trinajstić information content (AvgIpc) is 2.94. The normalized spacial score (nSPS) is 45.2. The maximum absolute atomic E-state index is 13.5. The number of aliphatic hydroxyl groups is 1. The van der Waals surface area contributed by atoms with Crippen LogP contribution in [-0.2, 0) is 4.79 Å². The third kappa shape index (κ3) is 2.30. The van der Waals surface area contributed by atoms with E-state index < -0.39 is 17.5 Å². The Labute approximate surface area is 140 Å². The maximum Gasteiger partial charge on any atom is 0.392 e. The summed E-state index contributed by atoms with van der Waals surface area (Å²) in [5.74, 6) is -0.0532. The Morgan fingerprint density at radius 2 is 1.88 bits per heavy atom. The van der Waals surface area contributed by atoms with Gasteiger partial charge in [0.25, 0.3) is 0 Å². The number of carbonyl (C=O) groups is 1. The SMILES string of the molecule is O=C1C=C2CC[C@@H]3[C@H](CC[C@@]4(CO)[C@H]3CC[C@H]4C(F)(F)F)[C@H]2CC1. The Morgan fingerprint density at radius 1 is 1.08 bits per heavy atom. The molecule has 0 saturated heterocycles. The first-order valence-corrected chi connectivity index (χ1v) is 9.27. The fraction of sp³-hybridized carbons (Fsp3) is 0.842. The Balaban J connectivity index is 1.64. The molecule has 4 aliphatic carbocycles. The molecule has 0 amide bonds. The van der Waals surface area contributed by atoms with Gasteiger partial charge in [0.2, 0.25) is 0 Å². The lowest BCUT2D eigenvalue weighted by Gasteiger charge is -2.54. The first-order chi connectivity index (χ1) is 11.4. The number of carbonyl (C=O) groups excluding carboxylic acids is 1. The molecule has 0 bridgehead atoms. The summed E-state index contributed by atoms with van der Waals surface area (Å²) in [6.07, 6.45) is 2.81. The van der Waals surface area contributed by atoms with Gasteiger partial charge in [0, 0.05) is 18.4 Å². The summed E-state index contributed by atoms with van der Waals surface area (Å²) < 4.78 is 40.6. The van der Waals surface area contributed by atoms with E-state index in [1.165, 1.54) is 5.57 Å². The molecular weight excluding hydrogens is 317 g/mol. The predicted molar refractivity (Wildman–Crippen MR) is 83.0 cm³/mol. The fourth-order valence-electron chi connectivity index (χ4n) is 6.79. The molecule has 24 heavy (non-hydrogen) atoms. The molecular formula is C19H25F3O2. The van der Waals surface area contributed by atoms with Crippen molar-refractivity contribution < 1.29 is 23.1 Å². The van der Waals surface area contributed by atoms with Crippen molar-refractivity contribution in [2.24, 2.45) is 35.0 Å². The number of fused-ring (bicyclic) bond motifs is 5. The fourth-order valence-corrected chi connectivity index (χ4v) is 6.79. The van der Waals surface area contributed by atoms with Crippen LogP contribution in [0.25, 0.3) is 0 Å². The second-order valence-corrected chi connectivity index (χ2v) is 8.41. The number of halogens is 3. The van der Waals surface area contributed by atoms with Crippen LogP contribution in [0, 0.1) is 35.0 Å². The van der Waals surface area contributed by atoms with Crippen molar-refractivity contribution in [1.82, 2.24) is 0 Å². The molecule has 0 aromatic carbocycles. The molecule has 0 spiro atoms. The molecule has 3 fully saturated rings. The van der Waals surface area contributed by atoms with Crippen molar-refractivity contribution >= 4 is 5.78 Å². The highest BCUT2D eigenvalue weighted by atomic mass is 19.4. The van der Waals surface area contributed by atoms with E-state index in [1.54, 1.807) is 0 Å². The Bertz CT molecular complexity index is 567. The largest absolute Gasteiger partial charge is 0.396 e. The average molecular weight is 342 g/mol. The summed E-state index contributed by atoms with van der Waals surface area (Å²) in [5.41, 5.74) is 0.292. The molecule has 0 aromatic rings. The molecule has 6 atom stereocenters. The molecule has 134 valence electrons. The second kappa shape index (κ2) is 5.58. The van der Waals surface area contributed by atoms with Gasteiger partial charge in [-0.15, -0.1) is 0 Å². The van der Waals surface area contributed by atoms with E-state index in [0.29, 0.717) is 31.1 Å². The molecule has 0 aromatic heterocycles.